The maximum Gasteiger partial charge on any atom is 0.155 e. The van der Waals surface area contributed by atoms with Crippen molar-refractivity contribution in [2.45, 2.75) is 465 Å². The summed E-state index contributed by atoms with van der Waals surface area (Å²) in [6, 6.07) is 0. The van der Waals surface area contributed by atoms with Crippen LogP contribution in [0.25, 0.3) is 0 Å². The maximum atomic E-state index is 13.5. The van der Waals surface area contributed by atoms with E-state index in [1.165, 1.54) is 12.8 Å². The van der Waals surface area contributed by atoms with Gasteiger partial charge in [0, 0.05) is 12.8 Å². The van der Waals surface area contributed by atoms with Crippen LogP contribution in [0, 0.1) is 118 Å². The molecule has 9 rings (SSSR count). The number of aliphatic hydroxyl groups excluding tert-OH is 10. The van der Waals surface area contributed by atoms with Gasteiger partial charge < -0.3 is 89.0 Å². The SMILES string of the molecule is CC(C)[C@@H]1CC[C@H](C(C)C)O1.CC(C)[C@@H]1C[C@@H](O)[C@H](C(C)C)O1.CC(C)[C@H]1C[C@@H](C(C)C)[C@H](O)[C@@H]1O.CC(C)[C@H]1O[C@@H](C(C)C)C[C@@H]1O.CC(C)[C@H]1O[C@@H](C(C)C)[C@@H](F)[C@@H]1O.CC(C)[C@H]1O[C@@H](C(C)C)[C@H](F)[C@@H]1O.CC(C)[C@H]1O[C@@H](C(C)C)[C@H](O)[C@@H]1F.CC(C)[C@H]1O[C@@H](C(C)C)[C@H](O)[C@@H]1O.CC(C)[C@H]1O[C@@H](C(C)C)[C@H](O)[C@H]1F. The van der Waals surface area contributed by atoms with Crippen LogP contribution >= 0.6 is 0 Å². The predicted octanol–water partition coefficient (Wildman–Crippen LogP) is 16.0. The van der Waals surface area contributed by atoms with Gasteiger partial charge in [0.05, 0.1) is 122 Å². The summed E-state index contributed by atoms with van der Waals surface area (Å²) in [7, 11) is 0. The van der Waals surface area contributed by atoms with Crippen LogP contribution in [0.1, 0.15) is 281 Å². The molecule has 678 valence electrons. The van der Waals surface area contributed by atoms with E-state index in [-0.39, 0.29) is 144 Å². The first-order valence-corrected chi connectivity index (χ1v) is 44.4. The van der Waals surface area contributed by atoms with Crippen molar-refractivity contribution in [2.75, 3.05) is 0 Å². The Morgan fingerprint density at radius 2 is 0.354 bits per heavy atom. The molecule has 9 fully saturated rings. The predicted molar refractivity (Wildman–Crippen MR) is 446 cm³/mol. The lowest BCUT2D eigenvalue weighted by Crippen LogP contribution is -2.35. The molecule has 1 saturated carbocycles. The van der Waals surface area contributed by atoms with Crippen LogP contribution in [0.3, 0.4) is 0 Å². The molecule has 0 radical (unpaired) electrons. The Bertz CT molecular complexity index is 2000. The van der Waals surface area contributed by atoms with Crippen molar-refractivity contribution < 1.29 is 107 Å². The topological polar surface area (TPSA) is 276 Å². The molecule has 18 nitrogen and oxygen atoms in total. The standard InChI is InChI=1S/C11H22O2.4C10H19FO2.C10H20O3.2C10H20O2.C10H20O/c1-6(2)8-5-9(7(3)4)11(13)10(8)12;5*1-5(2)9-7(11)8(12)10(13-9)6(3)4;2*1-6(2)9-5-8(11)10(12-9)7(3)4;1-7(2)9-5-6-10(11-9)8(3)4/h6-13H,5H2,1-4H3;4*5-10,12H,1-4H3;5-12H,1-4H3;2*6-11H,5H2,1-4H3;7-10H,5-6H2,1-4H3/t8-,9+,10-,11+;2*7-,8+,9+,10-;2*7-,8-,9-,10+;7-,8+,9+,10-;2*8-,9+,10+;9-,10+/m.1010.10./s1. The van der Waals surface area contributed by atoms with Crippen molar-refractivity contribution in [1.29, 1.82) is 0 Å². The van der Waals surface area contributed by atoms with Crippen molar-refractivity contribution in [1.82, 2.24) is 0 Å². The second-order valence-corrected chi connectivity index (χ2v) is 40.7. The van der Waals surface area contributed by atoms with E-state index in [1.54, 1.807) is 0 Å². The van der Waals surface area contributed by atoms with Crippen LogP contribution in [0.15, 0.2) is 0 Å². The van der Waals surface area contributed by atoms with Gasteiger partial charge in [0.2, 0.25) is 0 Å². The van der Waals surface area contributed by atoms with Gasteiger partial charge >= 0.3 is 0 Å². The zero-order valence-electron chi connectivity index (χ0n) is 77.7. The van der Waals surface area contributed by atoms with Crippen molar-refractivity contribution in [2.24, 2.45) is 118 Å². The molecule has 8 saturated heterocycles. The zero-order valence-corrected chi connectivity index (χ0v) is 77.7. The molecule has 32 atom stereocenters. The number of aliphatic hydroxyl groups is 10. The molecule has 0 aromatic heterocycles. The summed E-state index contributed by atoms with van der Waals surface area (Å²) in [6.07, 6.45) is -8.50. The third kappa shape index (κ3) is 33.0. The van der Waals surface area contributed by atoms with Crippen molar-refractivity contribution in [3.05, 3.63) is 0 Å². The summed E-state index contributed by atoms with van der Waals surface area (Å²) in [6.45, 7) is 73.1. The van der Waals surface area contributed by atoms with Gasteiger partial charge in [0.15, 0.2) is 24.7 Å². The monoisotopic (exact) mass is 1640 g/mol. The minimum absolute atomic E-state index is 0.0531. The highest BCUT2D eigenvalue weighted by molar-refractivity contribution is 4.99. The van der Waals surface area contributed by atoms with Crippen LogP contribution < -0.4 is 0 Å². The van der Waals surface area contributed by atoms with E-state index >= 15 is 0 Å². The van der Waals surface area contributed by atoms with E-state index in [1.807, 2.05) is 138 Å². The lowest BCUT2D eigenvalue weighted by Gasteiger charge is -2.20. The molecule has 10 N–H and O–H groups in total. The molecule has 113 heavy (non-hydrogen) atoms. The van der Waals surface area contributed by atoms with Crippen LogP contribution in [-0.4, -0.2) is 234 Å². The molecule has 0 aromatic carbocycles. The van der Waals surface area contributed by atoms with Gasteiger partial charge in [-0.15, -0.1) is 0 Å². The Balaban J connectivity index is 0.000000636. The summed E-state index contributed by atoms with van der Waals surface area (Å²) < 4.78 is 98.8. The van der Waals surface area contributed by atoms with Crippen LogP contribution in [0.4, 0.5) is 17.6 Å². The second kappa shape index (κ2) is 51.2. The van der Waals surface area contributed by atoms with E-state index in [0.29, 0.717) is 59.6 Å². The lowest BCUT2D eigenvalue weighted by molar-refractivity contribution is -0.0340. The summed E-state index contributed by atoms with van der Waals surface area (Å²) in [5.41, 5.74) is 0. The van der Waals surface area contributed by atoms with E-state index in [2.05, 4.69) is 111 Å². The molecule has 8 aliphatic heterocycles. The molecular formula is C91H178F4O18. The van der Waals surface area contributed by atoms with Crippen LogP contribution in [-0.2, 0) is 37.9 Å². The van der Waals surface area contributed by atoms with Crippen LogP contribution in [0.2, 0.25) is 0 Å². The van der Waals surface area contributed by atoms with Gasteiger partial charge in [-0.25, -0.2) is 17.6 Å². The molecule has 0 bridgehead atoms. The highest BCUT2D eigenvalue weighted by Gasteiger charge is 2.51. The van der Waals surface area contributed by atoms with Gasteiger partial charge in [0.25, 0.3) is 0 Å². The Morgan fingerprint density at radius 3 is 0.460 bits per heavy atom. The molecule has 0 amide bonds. The molecule has 0 aromatic rings. The van der Waals surface area contributed by atoms with E-state index in [9.17, 15) is 68.6 Å². The number of ether oxygens (including phenoxy) is 8. The Morgan fingerprint density at radius 1 is 0.177 bits per heavy atom. The molecule has 0 unspecified atom stereocenters. The first-order valence-electron chi connectivity index (χ1n) is 44.4. The third-order valence-electron chi connectivity index (χ3n) is 24.3. The average molecular weight is 1640 g/mol. The second-order valence-electron chi connectivity index (χ2n) is 40.7. The summed E-state index contributed by atoms with van der Waals surface area (Å²) >= 11 is 0. The van der Waals surface area contributed by atoms with Gasteiger partial charge in [-0.3, -0.25) is 0 Å². The highest BCUT2D eigenvalue weighted by Crippen LogP contribution is 2.42. The maximum absolute atomic E-state index is 13.5. The number of hydrogen-bond donors (Lipinski definition) is 10. The van der Waals surface area contributed by atoms with Crippen molar-refractivity contribution in [3.63, 3.8) is 0 Å². The molecule has 8 heterocycles. The van der Waals surface area contributed by atoms with E-state index in [0.717, 1.165) is 19.3 Å². The number of rotatable bonds is 18. The fourth-order valence-electron chi connectivity index (χ4n) is 16.6. The van der Waals surface area contributed by atoms with E-state index in [4.69, 9.17) is 37.9 Å². The highest BCUT2D eigenvalue weighted by atomic mass is 19.1. The number of hydrogen-bond acceptors (Lipinski definition) is 18. The molecule has 9 aliphatic rings. The van der Waals surface area contributed by atoms with Crippen molar-refractivity contribution >= 4 is 0 Å². The number of alkyl halides is 4. The first kappa shape index (κ1) is 110. The first-order chi connectivity index (χ1) is 51.8. The quantitative estimate of drug-likeness (QED) is 0.0571. The third-order valence-corrected chi connectivity index (χ3v) is 24.3. The summed E-state index contributed by atoms with van der Waals surface area (Å²) in [5, 5.41) is 96.4. The Labute approximate surface area is 686 Å². The fourth-order valence-corrected chi connectivity index (χ4v) is 16.6. The van der Waals surface area contributed by atoms with Gasteiger partial charge in [0.1, 0.15) is 36.6 Å². The van der Waals surface area contributed by atoms with Gasteiger partial charge in [-0.1, -0.05) is 249 Å². The molecule has 1 aliphatic carbocycles. The lowest BCUT2D eigenvalue weighted by atomic mass is 9.89. The van der Waals surface area contributed by atoms with Gasteiger partial charge in [-0.2, -0.15) is 0 Å². The number of halogens is 4. The average Bonchev–Trinajstić information content (AvgIpc) is 1.70. The molecule has 22 heteroatoms. The molecule has 0 spiro atoms. The Kier molecular flexibility index (Phi) is 49.8. The largest absolute Gasteiger partial charge is 0.390 e. The van der Waals surface area contributed by atoms with Crippen LogP contribution in [0.5, 0.6) is 0 Å². The minimum Gasteiger partial charge on any atom is -0.390 e. The zero-order chi connectivity index (χ0) is 88.1. The normalized spacial score (nSPS) is 39.0. The fraction of sp³-hybridized carbons (Fsp3) is 1.00. The van der Waals surface area contributed by atoms with E-state index < -0.39 is 97.9 Å². The minimum atomic E-state index is -1.23. The summed E-state index contributed by atoms with van der Waals surface area (Å²) in [5.74, 6) is 6.37. The smallest absolute Gasteiger partial charge is 0.155 e. The van der Waals surface area contributed by atoms with Crippen molar-refractivity contribution in [3.8, 4) is 0 Å². The van der Waals surface area contributed by atoms with Gasteiger partial charge in [-0.05, 0) is 138 Å². The Hall–Kier alpha value is -1.00. The summed E-state index contributed by atoms with van der Waals surface area (Å²) in [4.78, 5) is 0. The molecular weight excluding hydrogens is 1460 g/mol.